The molecule has 0 atom stereocenters. The lowest BCUT2D eigenvalue weighted by Crippen LogP contribution is -2.40. The highest BCUT2D eigenvalue weighted by Crippen LogP contribution is 2.26. The summed E-state index contributed by atoms with van der Waals surface area (Å²) in [5.41, 5.74) is 4.11. The topological polar surface area (TPSA) is 99.7 Å². The molecule has 224 valence electrons. The van der Waals surface area contributed by atoms with E-state index in [0.717, 1.165) is 23.3 Å². The molecule has 0 heterocycles. The molecule has 0 saturated heterocycles. The molecule has 0 aliphatic rings. The third kappa shape index (κ3) is 8.56. The Bertz CT molecular complexity index is 1500. The number of urea groups is 2. The maximum atomic E-state index is 13.4. The van der Waals surface area contributed by atoms with Crippen molar-refractivity contribution in [2.24, 2.45) is 0 Å². The molecule has 0 aliphatic carbocycles. The molecule has 4 amide bonds. The van der Waals surface area contributed by atoms with Crippen molar-refractivity contribution in [3.05, 3.63) is 109 Å². The average Bonchev–Trinajstić information content (AvgIpc) is 3.05. The van der Waals surface area contributed by atoms with Crippen molar-refractivity contribution in [3.63, 3.8) is 0 Å². The minimum absolute atomic E-state index is 0.0584. The molecule has 0 fully saturated rings. The molecular formula is C33H36N4O6. The van der Waals surface area contributed by atoms with Gasteiger partial charge >= 0.3 is 24.0 Å². The Morgan fingerprint density at radius 1 is 0.605 bits per heavy atom. The molecule has 0 saturated carbocycles. The van der Waals surface area contributed by atoms with E-state index in [0.29, 0.717) is 29.2 Å². The van der Waals surface area contributed by atoms with Crippen LogP contribution in [0, 0.1) is 0 Å². The second-order valence-corrected chi connectivity index (χ2v) is 9.59. The highest BCUT2D eigenvalue weighted by Gasteiger charge is 2.21. The van der Waals surface area contributed by atoms with E-state index in [1.165, 1.54) is 19.6 Å². The van der Waals surface area contributed by atoms with Crippen LogP contribution in [0.2, 0.25) is 0 Å². The van der Waals surface area contributed by atoms with Crippen LogP contribution >= 0.6 is 0 Å². The van der Waals surface area contributed by atoms with Crippen LogP contribution in [-0.4, -0.2) is 58.8 Å². The highest BCUT2D eigenvalue weighted by atomic mass is 16.5. The first-order valence-electron chi connectivity index (χ1n) is 13.4. The molecule has 10 heteroatoms. The van der Waals surface area contributed by atoms with Crippen molar-refractivity contribution in [2.45, 2.75) is 13.0 Å². The zero-order valence-corrected chi connectivity index (χ0v) is 24.9. The van der Waals surface area contributed by atoms with Gasteiger partial charge in [-0.15, -0.1) is 0 Å². The van der Waals surface area contributed by atoms with E-state index >= 15 is 0 Å². The van der Waals surface area contributed by atoms with Gasteiger partial charge in [-0.2, -0.15) is 0 Å². The fourth-order valence-electron chi connectivity index (χ4n) is 4.12. The lowest BCUT2D eigenvalue weighted by molar-refractivity contribution is -0.139. The summed E-state index contributed by atoms with van der Waals surface area (Å²) in [6, 6.07) is 21.1. The lowest BCUT2D eigenvalue weighted by atomic mass is 10.1. The number of amides is 4. The van der Waals surface area contributed by atoms with Crippen LogP contribution < -0.4 is 19.6 Å². The Kier molecular flexibility index (Phi) is 11.2. The molecule has 0 spiro atoms. The van der Waals surface area contributed by atoms with E-state index < -0.39 is 11.9 Å². The second kappa shape index (κ2) is 15.0. The number of ether oxygens (including phenoxy) is 2. The van der Waals surface area contributed by atoms with E-state index in [1.807, 2.05) is 24.3 Å². The van der Waals surface area contributed by atoms with Gasteiger partial charge in [0.25, 0.3) is 0 Å². The maximum absolute atomic E-state index is 13.4. The summed E-state index contributed by atoms with van der Waals surface area (Å²) in [6.07, 6.45) is 2.71. The Labute approximate surface area is 252 Å². The summed E-state index contributed by atoms with van der Waals surface area (Å²) in [6.45, 7) is 7.03. The van der Waals surface area contributed by atoms with E-state index in [-0.39, 0.29) is 25.3 Å². The van der Waals surface area contributed by atoms with Gasteiger partial charge in [0.2, 0.25) is 0 Å². The number of carbonyl (C=O) groups excluding carboxylic acids is 4. The second-order valence-electron chi connectivity index (χ2n) is 9.59. The van der Waals surface area contributed by atoms with Crippen molar-refractivity contribution >= 4 is 46.8 Å². The molecule has 0 unspecified atom stereocenters. The summed E-state index contributed by atoms with van der Waals surface area (Å²) in [5, 5.41) is 0. The molecule has 0 aromatic heterocycles. The van der Waals surface area contributed by atoms with Gasteiger partial charge in [0.1, 0.15) is 6.61 Å². The Hall–Kier alpha value is -5.38. The molecule has 43 heavy (non-hydrogen) atoms. The number of nitrogens with zero attached hydrogens (tertiary/aromatic N) is 4. The minimum Gasteiger partial charge on any atom is -0.462 e. The largest absolute Gasteiger partial charge is 0.462 e. The van der Waals surface area contributed by atoms with Crippen molar-refractivity contribution in [3.8, 4) is 0 Å². The number of carbonyl (C=O) groups is 4. The predicted octanol–water partition coefficient (Wildman–Crippen LogP) is 5.57. The molecule has 0 N–H and O–H groups in total. The molecule has 0 aliphatic heterocycles. The van der Waals surface area contributed by atoms with Crippen molar-refractivity contribution in [1.82, 2.24) is 0 Å². The summed E-state index contributed by atoms with van der Waals surface area (Å²) < 4.78 is 10.2. The quantitative estimate of drug-likeness (QED) is 0.216. The van der Waals surface area contributed by atoms with Gasteiger partial charge in [-0.1, -0.05) is 43.5 Å². The molecule has 3 aromatic rings. The molecule has 0 bridgehead atoms. The standard InChI is InChI=1S/C33H36N4O6/c1-7-30(38)42-19-18-24-12-9-14-26(20-24)34(3)32(40)36(5)28-16-11-17-29(22-28)37(6)33(41)35(4)27-15-10-13-25(21-27)23-43-31(39)8-2/h7-17,20-22H,1-2,18-19,23H2,3-6H3. The smallest absolute Gasteiger partial charge is 0.330 e. The van der Waals surface area contributed by atoms with Gasteiger partial charge in [-0.25, -0.2) is 19.2 Å². The van der Waals surface area contributed by atoms with Gasteiger partial charge < -0.3 is 9.47 Å². The van der Waals surface area contributed by atoms with Gasteiger partial charge in [-0.3, -0.25) is 19.6 Å². The van der Waals surface area contributed by atoms with Crippen LogP contribution in [0.1, 0.15) is 11.1 Å². The summed E-state index contributed by atoms with van der Waals surface area (Å²) in [4.78, 5) is 55.5. The van der Waals surface area contributed by atoms with E-state index in [9.17, 15) is 19.2 Å². The number of benzene rings is 3. The highest BCUT2D eigenvalue weighted by molar-refractivity contribution is 6.05. The first-order chi connectivity index (χ1) is 20.5. The van der Waals surface area contributed by atoms with E-state index in [2.05, 4.69) is 13.2 Å². The summed E-state index contributed by atoms with van der Waals surface area (Å²) in [7, 11) is 6.64. The molecule has 0 radical (unpaired) electrons. The third-order valence-corrected chi connectivity index (χ3v) is 6.70. The Balaban J connectivity index is 1.70. The van der Waals surface area contributed by atoms with Gasteiger partial charge in [0.05, 0.1) is 6.61 Å². The van der Waals surface area contributed by atoms with E-state index in [4.69, 9.17) is 9.47 Å². The summed E-state index contributed by atoms with van der Waals surface area (Å²) in [5.74, 6) is -1.01. The molecule has 3 aromatic carbocycles. The van der Waals surface area contributed by atoms with Crippen LogP contribution in [-0.2, 0) is 32.1 Å². The minimum atomic E-state index is -0.527. The van der Waals surface area contributed by atoms with Crippen molar-refractivity contribution in [1.29, 1.82) is 0 Å². The normalized spacial score (nSPS) is 10.2. The first-order valence-corrected chi connectivity index (χ1v) is 13.4. The van der Waals surface area contributed by atoms with Crippen molar-refractivity contribution in [2.75, 3.05) is 54.4 Å². The van der Waals surface area contributed by atoms with Crippen LogP contribution in [0.4, 0.5) is 32.3 Å². The number of esters is 2. The van der Waals surface area contributed by atoms with Crippen LogP contribution in [0.5, 0.6) is 0 Å². The fraction of sp³-hybridized carbons (Fsp3) is 0.212. The monoisotopic (exact) mass is 584 g/mol. The SMILES string of the molecule is C=CC(=O)OCCc1cccc(N(C)C(=O)N(C)c2cccc(N(C)C(=O)N(C)c3cccc(COC(=O)C=C)c3)c2)c1. The maximum Gasteiger partial charge on any atom is 0.330 e. The molecule has 10 nitrogen and oxygen atoms in total. The van der Waals surface area contributed by atoms with Gasteiger partial charge in [0, 0.05) is 69.5 Å². The van der Waals surface area contributed by atoms with Crippen molar-refractivity contribution < 1.29 is 28.7 Å². The Morgan fingerprint density at radius 2 is 1.00 bits per heavy atom. The van der Waals surface area contributed by atoms with Crippen LogP contribution in [0.3, 0.4) is 0 Å². The zero-order chi connectivity index (χ0) is 31.5. The van der Waals surface area contributed by atoms with E-state index in [1.54, 1.807) is 76.7 Å². The number of rotatable bonds is 11. The first kappa shape index (κ1) is 32.1. The Morgan fingerprint density at radius 3 is 1.49 bits per heavy atom. The predicted molar refractivity (Wildman–Crippen MR) is 169 cm³/mol. The fourth-order valence-corrected chi connectivity index (χ4v) is 4.12. The van der Waals surface area contributed by atoms with Crippen LogP contribution in [0.25, 0.3) is 0 Å². The number of hydrogen-bond donors (Lipinski definition) is 0. The lowest BCUT2D eigenvalue weighted by Gasteiger charge is -2.28. The van der Waals surface area contributed by atoms with Gasteiger partial charge in [0.15, 0.2) is 0 Å². The zero-order valence-electron chi connectivity index (χ0n) is 24.9. The van der Waals surface area contributed by atoms with Crippen LogP contribution in [0.15, 0.2) is 98.1 Å². The number of hydrogen-bond acceptors (Lipinski definition) is 6. The number of anilines is 4. The summed E-state index contributed by atoms with van der Waals surface area (Å²) >= 11 is 0. The molecule has 3 rings (SSSR count). The van der Waals surface area contributed by atoms with Gasteiger partial charge in [-0.05, 0) is 53.6 Å². The third-order valence-electron chi connectivity index (χ3n) is 6.70. The molecular weight excluding hydrogens is 548 g/mol. The average molecular weight is 585 g/mol.